The molecule has 0 saturated carbocycles. The van der Waals surface area contributed by atoms with Crippen molar-refractivity contribution >= 4 is 23.0 Å². The van der Waals surface area contributed by atoms with Gasteiger partial charge in [0, 0.05) is 13.2 Å². The van der Waals surface area contributed by atoms with Gasteiger partial charge in [0.05, 0.1) is 29.2 Å². The first-order chi connectivity index (χ1) is 14.1. The van der Waals surface area contributed by atoms with Gasteiger partial charge in [-0.3, -0.25) is 9.59 Å². The van der Waals surface area contributed by atoms with Crippen LogP contribution in [0.1, 0.15) is 41.0 Å². The fourth-order valence-corrected chi connectivity index (χ4v) is 4.56. The van der Waals surface area contributed by atoms with Crippen molar-refractivity contribution in [1.29, 1.82) is 0 Å². The molecule has 7 heteroatoms. The van der Waals surface area contributed by atoms with Gasteiger partial charge in [-0.2, -0.15) is 0 Å². The zero-order chi connectivity index (χ0) is 20.4. The highest BCUT2D eigenvalue weighted by Crippen LogP contribution is 2.40. The summed E-state index contributed by atoms with van der Waals surface area (Å²) >= 11 is 1.29. The second-order valence-electron chi connectivity index (χ2n) is 7.07. The second kappa shape index (κ2) is 8.39. The molecule has 0 spiro atoms. The number of amides is 1. The summed E-state index contributed by atoms with van der Waals surface area (Å²) in [6, 6.07) is 10.1. The van der Waals surface area contributed by atoms with Crippen LogP contribution in [0.5, 0.6) is 5.75 Å². The third kappa shape index (κ3) is 3.80. The lowest BCUT2D eigenvalue weighted by Crippen LogP contribution is -2.37. The third-order valence-electron chi connectivity index (χ3n) is 5.22. The molecule has 1 aromatic heterocycles. The van der Waals surface area contributed by atoms with Gasteiger partial charge < -0.3 is 19.5 Å². The fraction of sp³-hybridized carbons (Fsp3) is 0.364. The number of nitrogens with zero attached hydrogens (tertiary/aromatic N) is 1. The van der Waals surface area contributed by atoms with Crippen molar-refractivity contribution in [1.82, 2.24) is 4.90 Å². The number of rotatable bonds is 7. The van der Waals surface area contributed by atoms with Crippen LogP contribution < -0.4 is 4.74 Å². The Bertz CT molecular complexity index is 913. The molecule has 29 heavy (non-hydrogen) atoms. The maximum absolute atomic E-state index is 13.2. The van der Waals surface area contributed by atoms with Crippen molar-refractivity contribution in [3.8, 4) is 5.75 Å². The van der Waals surface area contributed by atoms with Crippen LogP contribution in [0.15, 0.2) is 53.1 Å². The molecule has 6 nitrogen and oxygen atoms in total. The summed E-state index contributed by atoms with van der Waals surface area (Å²) < 4.78 is 11.2. The van der Waals surface area contributed by atoms with Gasteiger partial charge in [0.15, 0.2) is 5.76 Å². The molecule has 0 bridgehead atoms. The van der Waals surface area contributed by atoms with Crippen molar-refractivity contribution in [2.24, 2.45) is 0 Å². The molecular formula is C22H23NO5S. The van der Waals surface area contributed by atoms with Crippen molar-refractivity contribution in [2.75, 3.05) is 19.8 Å². The molecule has 2 aliphatic rings. The Morgan fingerprint density at radius 3 is 2.72 bits per heavy atom. The van der Waals surface area contributed by atoms with Gasteiger partial charge >= 0.3 is 0 Å². The minimum Gasteiger partial charge on any atom is -0.503 e. The molecule has 4 rings (SSSR count). The molecule has 1 fully saturated rings. The summed E-state index contributed by atoms with van der Waals surface area (Å²) in [5.41, 5.74) is 0.878. The van der Waals surface area contributed by atoms with Crippen LogP contribution >= 0.6 is 11.3 Å². The fourth-order valence-electron chi connectivity index (χ4n) is 3.88. The van der Waals surface area contributed by atoms with Crippen molar-refractivity contribution in [3.05, 3.63) is 63.6 Å². The first-order valence-electron chi connectivity index (χ1n) is 9.76. The van der Waals surface area contributed by atoms with Crippen molar-refractivity contribution in [2.45, 2.75) is 31.9 Å². The monoisotopic (exact) mass is 413 g/mol. The Morgan fingerprint density at radius 1 is 1.31 bits per heavy atom. The van der Waals surface area contributed by atoms with Crippen molar-refractivity contribution < 1.29 is 24.2 Å². The molecule has 0 aliphatic carbocycles. The zero-order valence-corrected chi connectivity index (χ0v) is 17.0. The standard InChI is InChI=1S/C22H23NO5S/c1-2-27-15-9-7-14(8-10-15)19-18(20(24)17-6-4-12-29-17)21(25)22(26)23(19)13-16-5-3-11-28-16/h4,6-10,12,16,19,25H,2-3,5,11,13H2,1H3/t16-,19+/m0/s1. The first-order valence-corrected chi connectivity index (χ1v) is 10.6. The lowest BCUT2D eigenvalue weighted by molar-refractivity contribution is -0.131. The van der Waals surface area contributed by atoms with Crippen LogP contribution in [0.3, 0.4) is 0 Å². The average molecular weight is 413 g/mol. The molecule has 152 valence electrons. The van der Waals surface area contributed by atoms with Gasteiger partial charge in [0.25, 0.3) is 5.91 Å². The Morgan fingerprint density at radius 2 is 2.10 bits per heavy atom. The Hall–Kier alpha value is -2.64. The SMILES string of the molecule is CCOc1ccc([C@@H]2C(C(=O)c3cccs3)=C(O)C(=O)N2C[C@@H]2CCCO2)cc1. The van der Waals surface area contributed by atoms with Crippen LogP contribution in [-0.2, 0) is 9.53 Å². The molecule has 2 aromatic rings. The lowest BCUT2D eigenvalue weighted by atomic mass is 9.95. The minimum absolute atomic E-state index is 0.0897. The summed E-state index contributed by atoms with van der Waals surface area (Å²) in [7, 11) is 0. The predicted molar refractivity (Wildman–Crippen MR) is 109 cm³/mol. The highest BCUT2D eigenvalue weighted by atomic mass is 32.1. The van der Waals surface area contributed by atoms with E-state index in [9.17, 15) is 14.7 Å². The Kier molecular flexibility index (Phi) is 5.69. The van der Waals surface area contributed by atoms with E-state index in [1.54, 1.807) is 22.4 Å². The van der Waals surface area contributed by atoms with Crippen LogP contribution in [-0.4, -0.2) is 47.6 Å². The number of carbonyl (C=O) groups is 2. The van der Waals surface area contributed by atoms with E-state index in [1.807, 2.05) is 31.2 Å². The van der Waals surface area contributed by atoms with Crippen LogP contribution in [0.25, 0.3) is 0 Å². The number of hydrogen-bond acceptors (Lipinski definition) is 6. The number of thiophene rings is 1. The molecule has 1 saturated heterocycles. The van der Waals surface area contributed by atoms with Gasteiger partial charge in [-0.15, -0.1) is 11.3 Å². The van der Waals surface area contributed by atoms with E-state index in [2.05, 4.69) is 0 Å². The molecule has 3 heterocycles. The third-order valence-corrected chi connectivity index (χ3v) is 6.09. The quantitative estimate of drug-likeness (QED) is 0.697. The van der Waals surface area contributed by atoms with Gasteiger partial charge in [0.2, 0.25) is 5.78 Å². The van der Waals surface area contributed by atoms with E-state index in [-0.39, 0.29) is 17.5 Å². The topological polar surface area (TPSA) is 76.1 Å². The zero-order valence-electron chi connectivity index (χ0n) is 16.2. The minimum atomic E-state index is -0.656. The Labute approximate surface area is 173 Å². The molecule has 1 amide bonds. The summed E-state index contributed by atoms with van der Waals surface area (Å²) in [5, 5.41) is 12.5. The van der Waals surface area contributed by atoms with Crippen LogP contribution in [0, 0.1) is 0 Å². The second-order valence-corrected chi connectivity index (χ2v) is 8.01. The number of hydrogen-bond donors (Lipinski definition) is 1. The highest BCUT2D eigenvalue weighted by molar-refractivity contribution is 7.12. The van der Waals surface area contributed by atoms with Gasteiger partial charge in [-0.25, -0.2) is 0 Å². The van der Waals surface area contributed by atoms with Gasteiger partial charge in [-0.1, -0.05) is 18.2 Å². The van der Waals surface area contributed by atoms with E-state index in [1.165, 1.54) is 11.3 Å². The number of carbonyl (C=O) groups excluding carboxylic acids is 2. The van der Waals surface area contributed by atoms with Crippen LogP contribution in [0.4, 0.5) is 0 Å². The lowest BCUT2D eigenvalue weighted by Gasteiger charge is -2.29. The number of aliphatic hydroxyl groups is 1. The summed E-state index contributed by atoms with van der Waals surface area (Å²) in [6.07, 6.45) is 1.71. The molecule has 0 unspecified atom stereocenters. The van der Waals surface area contributed by atoms with Gasteiger partial charge in [-0.05, 0) is 48.9 Å². The number of benzene rings is 1. The predicted octanol–water partition coefficient (Wildman–Crippen LogP) is 3.90. The molecule has 1 aromatic carbocycles. The normalized spacial score (nSPS) is 21.8. The van der Waals surface area contributed by atoms with Crippen LogP contribution in [0.2, 0.25) is 0 Å². The molecule has 0 radical (unpaired) electrons. The van der Waals surface area contributed by atoms with E-state index >= 15 is 0 Å². The maximum atomic E-state index is 13.2. The average Bonchev–Trinajstić information content (AvgIpc) is 3.47. The molecular weight excluding hydrogens is 390 g/mol. The number of ether oxygens (including phenoxy) is 2. The number of Topliss-reactive ketones (excluding diaryl/α,β-unsaturated/α-hetero) is 1. The summed E-state index contributed by atoms with van der Waals surface area (Å²) in [5.74, 6) is -0.607. The van der Waals surface area contributed by atoms with E-state index in [0.29, 0.717) is 30.4 Å². The number of ketones is 1. The summed E-state index contributed by atoms with van der Waals surface area (Å²) in [6.45, 7) is 3.46. The highest BCUT2D eigenvalue weighted by Gasteiger charge is 2.45. The number of aliphatic hydroxyl groups excluding tert-OH is 1. The van der Waals surface area contributed by atoms with E-state index in [4.69, 9.17) is 9.47 Å². The molecule has 2 aliphatic heterocycles. The van der Waals surface area contributed by atoms with E-state index < -0.39 is 17.7 Å². The largest absolute Gasteiger partial charge is 0.503 e. The Balaban J connectivity index is 1.72. The van der Waals surface area contributed by atoms with E-state index in [0.717, 1.165) is 18.4 Å². The molecule has 1 N–H and O–H groups in total. The maximum Gasteiger partial charge on any atom is 0.290 e. The van der Waals surface area contributed by atoms with Crippen molar-refractivity contribution in [3.63, 3.8) is 0 Å². The first kappa shape index (κ1) is 19.7. The smallest absolute Gasteiger partial charge is 0.290 e. The summed E-state index contributed by atoms with van der Waals surface area (Å²) in [4.78, 5) is 28.1. The van der Waals surface area contributed by atoms with Gasteiger partial charge in [0.1, 0.15) is 5.75 Å². The molecule has 2 atom stereocenters.